The minimum absolute atomic E-state index is 0.115. The van der Waals surface area contributed by atoms with Crippen LogP contribution in [0.15, 0.2) is 0 Å². The van der Waals surface area contributed by atoms with E-state index in [4.69, 9.17) is 18.9 Å². The smallest absolute Gasteiger partial charge is 0.305 e. The Morgan fingerprint density at radius 1 is 0.917 bits per heavy atom. The van der Waals surface area contributed by atoms with Gasteiger partial charge in [-0.05, 0) is 32.6 Å². The van der Waals surface area contributed by atoms with E-state index in [0.717, 1.165) is 12.8 Å². The normalized spacial score (nSPS) is 12.5. The first-order chi connectivity index (χ1) is 11.6. The molecule has 0 saturated heterocycles. The van der Waals surface area contributed by atoms with Crippen molar-refractivity contribution in [1.82, 2.24) is 0 Å². The highest BCUT2D eigenvalue weighted by Crippen LogP contribution is 2.13. The molecule has 24 heavy (non-hydrogen) atoms. The second kappa shape index (κ2) is 17.2. The number of carbonyl (C=O) groups is 1. The first kappa shape index (κ1) is 23.4. The predicted octanol–water partition coefficient (Wildman–Crippen LogP) is 3.98. The van der Waals surface area contributed by atoms with Gasteiger partial charge in [-0.15, -0.1) is 0 Å². The van der Waals surface area contributed by atoms with Crippen molar-refractivity contribution in [3.05, 3.63) is 0 Å². The third-order valence-corrected chi connectivity index (χ3v) is 3.74. The van der Waals surface area contributed by atoms with Crippen LogP contribution in [0.3, 0.4) is 0 Å². The maximum Gasteiger partial charge on any atom is 0.305 e. The van der Waals surface area contributed by atoms with Crippen molar-refractivity contribution in [1.29, 1.82) is 0 Å². The molecule has 0 N–H and O–H groups in total. The fourth-order valence-electron chi connectivity index (χ4n) is 2.16. The Hall–Kier alpha value is -0.650. The summed E-state index contributed by atoms with van der Waals surface area (Å²) in [6, 6.07) is 0. The summed E-state index contributed by atoms with van der Waals surface area (Å²) in [5.74, 6) is 0.387. The summed E-state index contributed by atoms with van der Waals surface area (Å²) in [4.78, 5) is 11.7. The highest BCUT2D eigenvalue weighted by molar-refractivity contribution is 5.69. The molecule has 1 unspecified atom stereocenters. The molecule has 1 atom stereocenters. The minimum atomic E-state index is -0.115. The Morgan fingerprint density at radius 2 is 1.58 bits per heavy atom. The van der Waals surface area contributed by atoms with Gasteiger partial charge in [0.05, 0.1) is 39.1 Å². The maximum atomic E-state index is 11.7. The van der Waals surface area contributed by atoms with E-state index in [9.17, 15) is 4.79 Å². The average Bonchev–Trinajstić information content (AvgIpc) is 2.56. The average molecular weight is 347 g/mol. The predicted molar refractivity (Wildman–Crippen MR) is 96.2 cm³/mol. The van der Waals surface area contributed by atoms with Crippen molar-refractivity contribution in [2.75, 3.05) is 39.6 Å². The van der Waals surface area contributed by atoms with E-state index in [1.165, 1.54) is 12.8 Å². The highest BCUT2D eigenvalue weighted by atomic mass is 16.5. The molecule has 0 aliphatic carbocycles. The molecule has 0 radical (unpaired) electrons. The van der Waals surface area contributed by atoms with Crippen molar-refractivity contribution >= 4 is 5.97 Å². The molecule has 0 heterocycles. The van der Waals surface area contributed by atoms with Gasteiger partial charge in [0.1, 0.15) is 0 Å². The van der Waals surface area contributed by atoms with Gasteiger partial charge in [-0.3, -0.25) is 4.79 Å². The molecule has 0 rings (SSSR count). The van der Waals surface area contributed by atoms with Crippen molar-refractivity contribution in [3.8, 4) is 0 Å². The van der Waals surface area contributed by atoms with Gasteiger partial charge < -0.3 is 18.9 Å². The van der Waals surface area contributed by atoms with Gasteiger partial charge in [-0.1, -0.05) is 33.1 Å². The van der Waals surface area contributed by atoms with E-state index < -0.39 is 0 Å². The third-order valence-electron chi connectivity index (χ3n) is 3.74. The van der Waals surface area contributed by atoms with Gasteiger partial charge in [0, 0.05) is 13.0 Å². The van der Waals surface area contributed by atoms with Crippen LogP contribution in [-0.2, 0) is 23.7 Å². The van der Waals surface area contributed by atoms with Crippen LogP contribution < -0.4 is 0 Å². The lowest BCUT2D eigenvalue weighted by molar-refractivity contribution is -0.145. The Morgan fingerprint density at radius 3 is 2.21 bits per heavy atom. The summed E-state index contributed by atoms with van der Waals surface area (Å²) in [6.45, 7) is 11.8. The van der Waals surface area contributed by atoms with Crippen LogP contribution in [0.1, 0.15) is 66.2 Å². The minimum Gasteiger partial charge on any atom is -0.465 e. The summed E-state index contributed by atoms with van der Waals surface area (Å²) in [6.07, 6.45) is 5.97. The van der Waals surface area contributed by atoms with E-state index in [0.29, 0.717) is 58.4 Å². The van der Waals surface area contributed by atoms with Crippen LogP contribution in [0, 0.1) is 5.92 Å². The molecule has 144 valence electrons. The van der Waals surface area contributed by atoms with Crippen molar-refractivity contribution in [2.45, 2.75) is 72.3 Å². The second-order valence-corrected chi connectivity index (χ2v) is 6.35. The van der Waals surface area contributed by atoms with Gasteiger partial charge in [-0.2, -0.15) is 0 Å². The lowest BCUT2D eigenvalue weighted by atomic mass is 10.0. The van der Waals surface area contributed by atoms with Gasteiger partial charge in [0.25, 0.3) is 0 Å². The zero-order chi connectivity index (χ0) is 18.0. The molecule has 0 bridgehead atoms. The summed E-state index contributed by atoms with van der Waals surface area (Å²) in [5.41, 5.74) is 0. The van der Waals surface area contributed by atoms with Crippen molar-refractivity contribution in [2.24, 2.45) is 5.92 Å². The van der Waals surface area contributed by atoms with E-state index >= 15 is 0 Å². The zero-order valence-corrected chi connectivity index (χ0v) is 16.2. The first-order valence-electron chi connectivity index (χ1n) is 9.52. The largest absolute Gasteiger partial charge is 0.465 e. The van der Waals surface area contributed by atoms with Gasteiger partial charge in [0.15, 0.2) is 0 Å². The lowest BCUT2D eigenvalue weighted by Crippen LogP contribution is -2.15. The number of unbranched alkanes of at least 4 members (excludes halogenated alkanes) is 1. The number of hydrogen-bond donors (Lipinski definition) is 0. The SMILES string of the molecule is CCCCC(CC)COC(=O)CCCOCCOCCOC(C)C. The van der Waals surface area contributed by atoms with Crippen LogP contribution in [0.2, 0.25) is 0 Å². The Balaban J connectivity index is 3.36. The molecule has 0 fully saturated rings. The lowest BCUT2D eigenvalue weighted by Gasteiger charge is -2.14. The standard InChI is InChI=1S/C19H38O5/c1-5-7-9-18(6-2)16-24-19(20)10-8-11-21-12-13-22-14-15-23-17(3)4/h17-18H,5-16H2,1-4H3. The van der Waals surface area contributed by atoms with Crippen LogP contribution in [0.4, 0.5) is 0 Å². The number of hydrogen-bond acceptors (Lipinski definition) is 5. The van der Waals surface area contributed by atoms with Crippen LogP contribution >= 0.6 is 0 Å². The summed E-state index contributed by atoms with van der Waals surface area (Å²) in [7, 11) is 0. The molecule has 5 nitrogen and oxygen atoms in total. The molecular formula is C19H38O5. The molecule has 0 saturated carbocycles. The Labute approximate surface area is 148 Å². The second-order valence-electron chi connectivity index (χ2n) is 6.35. The van der Waals surface area contributed by atoms with Crippen LogP contribution in [0.5, 0.6) is 0 Å². The van der Waals surface area contributed by atoms with Crippen molar-refractivity contribution < 1.29 is 23.7 Å². The van der Waals surface area contributed by atoms with Crippen LogP contribution in [0.25, 0.3) is 0 Å². The van der Waals surface area contributed by atoms with Crippen LogP contribution in [-0.4, -0.2) is 51.7 Å². The Kier molecular flexibility index (Phi) is 16.7. The Bertz CT molecular complexity index is 281. The quantitative estimate of drug-likeness (QED) is 0.294. The molecule has 5 heteroatoms. The zero-order valence-electron chi connectivity index (χ0n) is 16.2. The number of esters is 1. The molecule has 0 aliphatic rings. The molecule has 0 amide bonds. The molecule has 0 spiro atoms. The number of ether oxygens (including phenoxy) is 4. The van der Waals surface area contributed by atoms with Gasteiger partial charge in [-0.25, -0.2) is 0 Å². The topological polar surface area (TPSA) is 54.0 Å². The van der Waals surface area contributed by atoms with Gasteiger partial charge in [0.2, 0.25) is 0 Å². The van der Waals surface area contributed by atoms with E-state index in [1.54, 1.807) is 0 Å². The van der Waals surface area contributed by atoms with Crippen molar-refractivity contribution in [3.63, 3.8) is 0 Å². The number of rotatable bonds is 17. The van der Waals surface area contributed by atoms with E-state index in [2.05, 4.69) is 13.8 Å². The molecule has 0 aromatic rings. The molecule has 0 aromatic heterocycles. The summed E-state index contributed by atoms with van der Waals surface area (Å²) < 4.78 is 21.5. The molecule has 0 aliphatic heterocycles. The third kappa shape index (κ3) is 16.2. The van der Waals surface area contributed by atoms with Gasteiger partial charge >= 0.3 is 5.97 Å². The monoisotopic (exact) mass is 346 g/mol. The first-order valence-corrected chi connectivity index (χ1v) is 9.52. The van der Waals surface area contributed by atoms with E-state index in [1.807, 2.05) is 13.8 Å². The highest BCUT2D eigenvalue weighted by Gasteiger charge is 2.09. The number of carbonyl (C=O) groups excluding carboxylic acids is 1. The van der Waals surface area contributed by atoms with E-state index in [-0.39, 0.29) is 12.1 Å². The maximum absolute atomic E-state index is 11.7. The fraction of sp³-hybridized carbons (Fsp3) is 0.947. The fourth-order valence-corrected chi connectivity index (χ4v) is 2.16. The molecule has 0 aromatic carbocycles. The summed E-state index contributed by atoms with van der Waals surface area (Å²) in [5, 5.41) is 0. The summed E-state index contributed by atoms with van der Waals surface area (Å²) >= 11 is 0. The molecular weight excluding hydrogens is 308 g/mol.